The van der Waals surface area contributed by atoms with Crippen LogP contribution >= 0.6 is 0 Å². The molecule has 0 heterocycles. The Labute approximate surface area is 122 Å². The Kier molecular flexibility index (Phi) is 5.59. The molecule has 0 aliphatic rings. The molecule has 1 unspecified atom stereocenters. The van der Waals surface area contributed by atoms with Crippen molar-refractivity contribution in [1.29, 1.82) is 0 Å². The maximum Gasteiger partial charge on any atom is 0.243 e. The number of hydrogen-bond acceptors (Lipinski definition) is 3. The highest BCUT2D eigenvalue weighted by atomic mass is 32.2. The highest BCUT2D eigenvalue weighted by Crippen LogP contribution is 2.25. The first kappa shape index (κ1) is 17.0. The fourth-order valence-electron chi connectivity index (χ4n) is 1.83. The van der Waals surface area contributed by atoms with E-state index in [1.165, 1.54) is 4.31 Å². The number of ether oxygens (including phenoxy) is 1. The molecular weight excluding hydrogens is 274 g/mol. The van der Waals surface area contributed by atoms with Crippen LogP contribution in [0.25, 0.3) is 0 Å². The molecule has 20 heavy (non-hydrogen) atoms. The van der Waals surface area contributed by atoms with Crippen LogP contribution < -0.4 is 4.74 Å². The van der Waals surface area contributed by atoms with E-state index in [2.05, 4.69) is 0 Å². The van der Waals surface area contributed by atoms with Gasteiger partial charge in [0.05, 0.1) is 11.0 Å². The van der Waals surface area contributed by atoms with Gasteiger partial charge in [-0.2, -0.15) is 4.31 Å². The molecule has 0 amide bonds. The van der Waals surface area contributed by atoms with E-state index in [0.717, 1.165) is 17.7 Å². The third-order valence-electron chi connectivity index (χ3n) is 3.40. The molecule has 0 spiro atoms. The molecule has 0 aliphatic carbocycles. The van der Waals surface area contributed by atoms with Gasteiger partial charge in [-0.1, -0.05) is 6.92 Å². The lowest BCUT2D eigenvalue weighted by molar-refractivity contribution is 0.240. The summed E-state index contributed by atoms with van der Waals surface area (Å²) in [7, 11) is -1.82. The zero-order valence-electron chi connectivity index (χ0n) is 13.2. The first-order valence-corrected chi connectivity index (χ1v) is 8.39. The lowest BCUT2D eigenvalue weighted by atomic mass is 10.2. The van der Waals surface area contributed by atoms with Gasteiger partial charge < -0.3 is 4.74 Å². The molecule has 0 bridgehead atoms. The van der Waals surface area contributed by atoms with Gasteiger partial charge in [-0.25, -0.2) is 8.42 Å². The zero-order chi connectivity index (χ0) is 15.5. The predicted molar refractivity (Wildman–Crippen MR) is 81.6 cm³/mol. The summed E-state index contributed by atoms with van der Waals surface area (Å²) in [6.45, 7) is 9.63. The predicted octanol–water partition coefficient (Wildman–Crippen LogP) is 3.20. The summed E-state index contributed by atoms with van der Waals surface area (Å²) in [5, 5.41) is 0. The summed E-state index contributed by atoms with van der Waals surface area (Å²) in [6, 6.07) is 4.99. The van der Waals surface area contributed by atoms with Crippen molar-refractivity contribution in [3.05, 3.63) is 23.8 Å². The monoisotopic (exact) mass is 299 g/mol. The first-order chi connectivity index (χ1) is 9.20. The van der Waals surface area contributed by atoms with E-state index in [-0.39, 0.29) is 12.1 Å². The van der Waals surface area contributed by atoms with Gasteiger partial charge in [0.2, 0.25) is 10.0 Å². The van der Waals surface area contributed by atoms with Crippen molar-refractivity contribution >= 4 is 10.0 Å². The van der Waals surface area contributed by atoms with E-state index < -0.39 is 10.0 Å². The normalized spacial score (nSPS) is 13.8. The number of sulfonamides is 1. The molecule has 4 nitrogen and oxygen atoms in total. The van der Waals surface area contributed by atoms with Crippen molar-refractivity contribution in [2.75, 3.05) is 7.05 Å². The van der Waals surface area contributed by atoms with Gasteiger partial charge >= 0.3 is 0 Å². The minimum Gasteiger partial charge on any atom is -0.491 e. The molecule has 0 aromatic heterocycles. The van der Waals surface area contributed by atoms with E-state index in [1.54, 1.807) is 25.2 Å². The standard InChI is InChI=1S/C15H25NO3S/c1-7-13(5)16(6)20(17,18)14-8-9-15(12(4)10-14)19-11(2)3/h8-11,13H,7H2,1-6H3. The SMILES string of the molecule is CCC(C)N(C)S(=O)(=O)c1ccc(OC(C)C)c(C)c1. The Bertz CT molecular complexity index is 552. The fourth-order valence-corrected chi connectivity index (χ4v) is 3.35. The Balaban J connectivity index is 3.12. The quantitative estimate of drug-likeness (QED) is 0.810. The van der Waals surface area contributed by atoms with Gasteiger partial charge in [0, 0.05) is 13.1 Å². The maximum atomic E-state index is 12.5. The Hall–Kier alpha value is -1.07. The highest BCUT2D eigenvalue weighted by molar-refractivity contribution is 7.89. The van der Waals surface area contributed by atoms with E-state index >= 15 is 0 Å². The van der Waals surface area contributed by atoms with Crippen LogP contribution in [-0.2, 0) is 10.0 Å². The molecule has 0 saturated carbocycles. The van der Waals surface area contributed by atoms with Crippen LogP contribution in [0.5, 0.6) is 5.75 Å². The van der Waals surface area contributed by atoms with E-state index in [1.807, 2.05) is 34.6 Å². The number of hydrogen-bond donors (Lipinski definition) is 0. The molecule has 0 saturated heterocycles. The van der Waals surface area contributed by atoms with Crippen molar-refractivity contribution in [1.82, 2.24) is 4.31 Å². The summed E-state index contributed by atoms with van der Waals surface area (Å²) in [4.78, 5) is 0.314. The maximum absolute atomic E-state index is 12.5. The number of benzene rings is 1. The molecule has 0 radical (unpaired) electrons. The molecule has 1 atom stereocenters. The van der Waals surface area contributed by atoms with Crippen molar-refractivity contribution in [2.24, 2.45) is 0 Å². The van der Waals surface area contributed by atoms with Crippen LogP contribution in [0.2, 0.25) is 0 Å². The lowest BCUT2D eigenvalue weighted by Crippen LogP contribution is -2.34. The van der Waals surface area contributed by atoms with E-state index in [9.17, 15) is 8.42 Å². The van der Waals surface area contributed by atoms with Crippen molar-refractivity contribution in [3.8, 4) is 5.75 Å². The second-order valence-electron chi connectivity index (χ2n) is 5.37. The van der Waals surface area contributed by atoms with Gasteiger partial charge in [0.25, 0.3) is 0 Å². The lowest BCUT2D eigenvalue weighted by Gasteiger charge is -2.23. The smallest absolute Gasteiger partial charge is 0.243 e. The van der Waals surface area contributed by atoms with Gasteiger partial charge in [0.1, 0.15) is 5.75 Å². The van der Waals surface area contributed by atoms with E-state index in [0.29, 0.717) is 4.90 Å². The largest absolute Gasteiger partial charge is 0.491 e. The third-order valence-corrected chi connectivity index (χ3v) is 5.37. The minimum atomic E-state index is -3.44. The van der Waals surface area contributed by atoms with Crippen LogP contribution in [-0.4, -0.2) is 31.9 Å². The topological polar surface area (TPSA) is 46.6 Å². The average Bonchev–Trinajstić information content (AvgIpc) is 2.38. The Morgan fingerprint density at radius 2 is 1.85 bits per heavy atom. The molecule has 1 aromatic rings. The summed E-state index contributed by atoms with van der Waals surface area (Å²) >= 11 is 0. The summed E-state index contributed by atoms with van der Waals surface area (Å²) in [5.74, 6) is 0.727. The van der Waals surface area contributed by atoms with Gasteiger partial charge in [-0.05, 0) is 57.9 Å². The summed E-state index contributed by atoms with van der Waals surface area (Å²) in [5.41, 5.74) is 0.831. The van der Waals surface area contributed by atoms with Crippen LogP contribution in [0.4, 0.5) is 0 Å². The molecule has 0 N–H and O–H groups in total. The molecule has 1 aromatic carbocycles. The van der Waals surface area contributed by atoms with Crippen molar-refractivity contribution in [2.45, 2.75) is 58.1 Å². The zero-order valence-corrected chi connectivity index (χ0v) is 14.0. The molecule has 0 aliphatic heterocycles. The fraction of sp³-hybridized carbons (Fsp3) is 0.600. The molecular formula is C15H25NO3S. The van der Waals surface area contributed by atoms with Crippen LogP contribution in [0.15, 0.2) is 23.1 Å². The van der Waals surface area contributed by atoms with Crippen LogP contribution in [0, 0.1) is 6.92 Å². The van der Waals surface area contributed by atoms with E-state index in [4.69, 9.17) is 4.74 Å². The molecule has 5 heteroatoms. The van der Waals surface area contributed by atoms with Crippen LogP contribution in [0.1, 0.15) is 39.7 Å². The molecule has 0 fully saturated rings. The second-order valence-corrected chi connectivity index (χ2v) is 7.37. The van der Waals surface area contributed by atoms with Gasteiger partial charge in [0.15, 0.2) is 0 Å². The van der Waals surface area contributed by atoms with Crippen molar-refractivity contribution < 1.29 is 13.2 Å². The summed E-state index contributed by atoms with van der Waals surface area (Å²) < 4.78 is 32.1. The second kappa shape index (κ2) is 6.59. The Morgan fingerprint density at radius 1 is 1.25 bits per heavy atom. The third kappa shape index (κ3) is 3.73. The minimum absolute atomic E-state index is 0.0214. The number of nitrogens with zero attached hydrogens (tertiary/aromatic N) is 1. The number of aryl methyl sites for hydroxylation is 1. The number of rotatable bonds is 6. The highest BCUT2D eigenvalue weighted by Gasteiger charge is 2.24. The first-order valence-electron chi connectivity index (χ1n) is 6.95. The summed E-state index contributed by atoms with van der Waals surface area (Å²) in [6.07, 6.45) is 0.849. The van der Waals surface area contributed by atoms with Crippen molar-refractivity contribution in [3.63, 3.8) is 0 Å². The van der Waals surface area contributed by atoms with Gasteiger partial charge in [-0.3, -0.25) is 0 Å². The average molecular weight is 299 g/mol. The van der Waals surface area contributed by atoms with Gasteiger partial charge in [-0.15, -0.1) is 0 Å². The van der Waals surface area contributed by atoms with Crippen LogP contribution in [0.3, 0.4) is 0 Å². The Morgan fingerprint density at radius 3 is 2.30 bits per heavy atom. The molecule has 1 rings (SSSR count). The molecule has 114 valence electrons.